The molecule has 27 atom stereocenters. The Morgan fingerprint density at radius 1 is 0.418 bits per heavy atom. The van der Waals surface area contributed by atoms with Crippen molar-refractivity contribution >= 4 is 63.3 Å². The molecule has 606 valence electrons. The summed E-state index contributed by atoms with van der Waals surface area (Å²) in [5, 5.41) is 10.2. The van der Waals surface area contributed by atoms with Gasteiger partial charge in [0.1, 0.15) is 23.1 Å². The summed E-state index contributed by atoms with van der Waals surface area (Å²) >= 11 is 6.37. The fourth-order valence-corrected chi connectivity index (χ4v) is 31.7. The highest BCUT2D eigenvalue weighted by Crippen LogP contribution is 2.80. The second-order valence-electron chi connectivity index (χ2n) is 43.7. The maximum absolute atomic E-state index is 14.5. The van der Waals surface area contributed by atoms with Crippen molar-refractivity contribution in [1.29, 1.82) is 0 Å². The summed E-state index contributed by atoms with van der Waals surface area (Å²) in [4.78, 5) is 132. The van der Waals surface area contributed by atoms with E-state index >= 15 is 0 Å². The monoisotopic (exact) mass is 1530 g/mol. The van der Waals surface area contributed by atoms with Crippen molar-refractivity contribution in [1.82, 2.24) is 0 Å². The van der Waals surface area contributed by atoms with E-state index in [4.69, 9.17) is 34.1 Å². The minimum absolute atomic E-state index is 0. The lowest BCUT2D eigenvalue weighted by molar-refractivity contribution is -0.222. The number of hydrogen-bond donors (Lipinski definition) is 1. The number of rotatable bonds is 5. The molecule has 15 aliphatic rings. The maximum Gasteiger partial charge on any atom is 0.309 e. The molecule has 12 saturated carbocycles. The van der Waals surface area contributed by atoms with E-state index in [0.717, 1.165) is 128 Å². The fourth-order valence-electron chi connectivity index (χ4n) is 31.4. The number of allylic oxidation sites excluding steroid dienone is 6. The molecule has 0 spiro atoms. The van der Waals surface area contributed by atoms with E-state index in [0.29, 0.717) is 50.1 Å². The number of fused-ring (bicyclic) bond motifs is 21. The molecule has 15 rings (SSSR count). The van der Waals surface area contributed by atoms with Crippen LogP contribution >= 0.6 is 11.6 Å². The quantitative estimate of drug-likeness (QED) is 0.205. The topological polar surface area (TPSA) is 187 Å². The van der Waals surface area contributed by atoms with Gasteiger partial charge in [0.2, 0.25) is 22.3 Å². The van der Waals surface area contributed by atoms with Gasteiger partial charge in [0.05, 0.1) is 25.1 Å². The van der Waals surface area contributed by atoms with Gasteiger partial charge in [-0.25, -0.2) is 14.5 Å². The van der Waals surface area contributed by atoms with Crippen LogP contribution in [0.2, 0.25) is 0 Å². The number of carboxylic acids is 1. The summed E-state index contributed by atoms with van der Waals surface area (Å²) in [6.07, 6.45) is 27.3. The molecule has 13 nitrogen and oxygen atoms in total. The predicted octanol–water partition coefficient (Wildman–Crippen LogP) is 22.9. The Bertz CT molecular complexity index is 3940. The summed E-state index contributed by atoms with van der Waals surface area (Å²) in [5.41, 5.74) is -2.73. The first-order valence-corrected chi connectivity index (χ1v) is 42.4. The predicted molar refractivity (Wildman–Crippen MR) is 434 cm³/mol. The summed E-state index contributed by atoms with van der Waals surface area (Å²) in [6, 6.07) is 0. The number of halogens is 1. The van der Waals surface area contributed by atoms with Crippen LogP contribution < -0.4 is 0 Å². The molecule has 12 fully saturated rings. The molecular weight excluding hydrogens is 1390 g/mol. The molecule has 0 unspecified atom stereocenters. The van der Waals surface area contributed by atoms with Gasteiger partial charge in [-0.05, 0) is 271 Å². The Morgan fingerprint density at radius 2 is 0.682 bits per heavy atom. The molecule has 0 saturated heterocycles. The van der Waals surface area contributed by atoms with Crippen molar-refractivity contribution in [3.05, 3.63) is 69.6 Å². The summed E-state index contributed by atoms with van der Waals surface area (Å²) in [6.45, 7) is 65.5. The van der Waals surface area contributed by atoms with Crippen molar-refractivity contribution in [3.63, 3.8) is 0 Å². The zero-order chi connectivity index (χ0) is 82.7. The Balaban J connectivity index is 0.000000174. The van der Waals surface area contributed by atoms with E-state index < -0.39 is 16.8 Å². The highest BCUT2D eigenvalue weighted by Gasteiger charge is 2.77. The van der Waals surface area contributed by atoms with E-state index in [2.05, 4.69) is 125 Å². The highest BCUT2D eigenvalue weighted by molar-refractivity contribution is 6.64. The second-order valence-corrected chi connectivity index (χ2v) is 44.0. The Kier molecular flexibility index (Phi) is 21.5. The van der Waals surface area contributed by atoms with E-state index in [9.17, 15) is 48.3 Å². The van der Waals surface area contributed by atoms with Gasteiger partial charge in [-0.15, -0.1) is 0 Å². The minimum atomic E-state index is -0.789. The van der Waals surface area contributed by atoms with Crippen molar-refractivity contribution in [3.8, 4) is 0 Å². The Morgan fingerprint density at radius 3 is 0.973 bits per heavy atom. The SMILES string of the molecule is C.[3H]C.[3H]C.[C-]#[N+]C1=C[C@]2(C)[C@H]3CC(=O)[C@@H]4[C@@H]5CC(C)(C)CC[C@]5(C(=O)CCC)CC[C@@]4(C)[C@]3(C)CC[C@H]2[C@H](C)C1=O.[C-]#[N+]C1=C[C@]2(C)[C@H]3CC(=O)[C@@H]4[C@@H]5CC(C)(C)CC[C@]5(C(=O)Cl)CC[C@@]4(C)[C@]3(C)CC[C@H]2[C@H](C)C1=O.[C-]#[N+]C1=C[C@]2(C)[C@H]3CC(=O)[C@@H]4[C@@H]5CC(C)(C)CC[C@]5(C(=O)O)CC[C@@]4(C)[C@]3(C)CC[C@H]2[C@H](C)C1=O. The number of carbonyl (C=O) groups excluding carboxylic acids is 8. The lowest BCUT2D eigenvalue weighted by atomic mass is 9.32. The van der Waals surface area contributed by atoms with Crippen LogP contribution in [0.15, 0.2) is 35.3 Å². The largest absolute Gasteiger partial charge is 0.481 e. The van der Waals surface area contributed by atoms with E-state index in [1.165, 1.54) is 14.8 Å². The number of hydrogen-bond acceptors (Lipinski definition) is 9. The van der Waals surface area contributed by atoms with Gasteiger partial charge in [0, 0.05) is 74.8 Å². The van der Waals surface area contributed by atoms with E-state index in [-0.39, 0.29) is 218 Å². The number of nitrogens with zero attached hydrogens (tertiary/aromatic N) is 3. The number of ketones is 7. The molecule has 15 aliphatic carbocycles. The van der Waals surface area contributed by atoms with Crippen LogP contribution in [-0.2, 0) is 43.2 Å². The lowest BCUT2D eigenvalue weighted by Gasteiger charge is -2.71. The first-order valence-electron chi connectivity index (χ1n) is 44.0. The van der Waals surface area contributed by atoms with Crippen LogP contribution in [0, 0.1) is 190 Å². The standard InChI is InChI=1S/C33H47NO3.C30H40ClNO3.C30H41NO4.3CH4/c1-9-10-26(36)33-15-13-29(3,4)18-22(33)27-24(35)17-25-30(5)19-23(34-8)28(37)20(2)21(30)11-12-31(25,6)32(27,7)14-16-33;1-17-18-8-9-28(5)22(27(18,4)16-20(32-7)24(17)34)14-21(33)23-19-15-26(2,3)10-12-30(19,25(31)35)13-11-29(23,28)6;1-17-18-8-9-28(5)22(27(18,4)16-20(31-7)24(17)33)14-21(32)23-19-15-26(2,3)10-12-30(19,25(34)35)13-11-29(23,28)6;;;/h19-22,25,27H,9-18H2,1-7H3;16-19,22-23H,8-15H2,1-6H3;16-19,22-23H,8-15H2,1-6H3,(H,34,35);3*1H4/t20-,21-,22-,25+,27-,30-,31+,32+,33-;2*17-,18-,19-,22+,23-,27-,28+,29+,30-;;;/m000.../s1/i;;;2*1T;. The maximum atomic E-state index is 14.5. The second kappa shape index (κ2) is 28.0. The molecular formula is C96H140ClN3O10. The molecule has 0 amide bonds. The Hall–Kier alpha value is -5.19. The molecule has 1 N–H and O–H groups in total. The molecule has 14 heteroatoms. The van der Waals surface area contributed by atoms with Gasteiger partial charge in [-0.1, -0.05) is 172 Å². The van der Waals surface area contributed by atoms with Crippen molar-refractivity contribution in [2.75, 3.05) is 0 Å². The Labute approximate surface area is 670 Å². The molecule has 0 aromatic heterocycles. The summed E-state index contributed by atoms with van der Waals surface area (Å²) in [5.74, 6) is 0.171. The molecule has 0 aliphatic heterocycles. The summed E-state index contributed by atoms with van der Waals surface area (Å²) < 4.78 is 11.5. The van der Waals surface area contributed by atoms with Gasteiger partial charge in [-0.3, -0.25) is 28.8 Å². The number of Topliss-reactive ketones (excluding diaryl/α,β-unsaturated/α-hetero) is 7. The minimum Gasteiger partial charge on any atom is -0.481 e. The molecule has 0 bridgehead atoms. The molecule has 0 heterocycles. The number of carboxylic acid groups (broad SMARTS) is 1. The van der Waals surface area contributed by atoms with Crippen molar-refractivity contribution in [2.45, 2.75) is 321 Å². The van der Waals surface area contributed by atoms with Crippen molar-refractivity contribution in [2.24, 2.45) is 170 Å². The van der Waals surface area contributed by atoms with Crippen LogP contribution in [0.5, 0.6) is 0 Å². The van der Waals surface area contributed by atoms with Gasteiger partial charge in [0.25, 0.3) is 0 Å². The zero-order valence-electron chi connectivity index (χ0n) is 72.6. The van der Waals surface area contributed by atoms with E-state index in [1.807, 2.05) is 39.0 Å². The van der Waals surface area contributed by atoms with Gasteiger partial charge < -0.3 is 19.5 Å². The van der Waals surface area contributed by atoms with Crippen LogP contribution in [0.1, 0.15) is 323 Å². The first-order chi connectivity index (χ1) is 51.5. The summed E-state index contributed by atoms with van der Waals surface area (Å²) in [7, 11) is 2.50. The van der Waals surface area contributed by atoms with E-state index in [1.54, 1.807) is 0 Å². The third-order valence-electron chi connectivity index (χ3n) is 38.1. The smallest absolute Gasteiger partial charge is 0.309 e. The molecule has 0 aromatic rings. The van der Waals surface area contributed by atoms with Gasteiger partial charge >= 0.3 is 5.97 Å². The van der Waals surface area contributed by atoms with Crippen LogP contribution in [-0.4, -0.2) is 56.8 Å². The van der Waals surface area contributed by atoms with Gasteiger partial charge in [-0.2, -0.15) is 0 Å². The third-order valence-corrected chi connectivity index (χ3v) is 38.5. The number of carbonyl (C=O) groups is 9. The fraction of sp³-hybridized carbons (Fsp3) is 0.812. The third kappa shape index (κ3) is 11.8. The van der Waals surface area contributed by atoms with Crippen molar-refractivity contribution < 1.29 is 51.0 Å². The van der Waals surface area contributed by atoms with Crippen LogP contribution in [0.25, 0.3) is 14.5 Å². The molecule has 0 radical (unpaired) electrons. The number of aliphatic carboxylic acids is 1. The first kappa shape index (κ1) is 84.2. The zero-order valence-corrected chi connectivity index (χ0v) is 71.4. The van der Waals surface area contributed by atoms with Crippen LogP contribution in [0.3, 0.4) is 0 Å². The molecule has 0 aromatic carbocycles. The molecule has 110 heavy (non-hydrogen) atoms. The normalized spacial score (nSPS) is 48.6. The average molecular weight is 1540 g/mol. The average Bonchev–Trinajstić information content (AvgIpc) is 0.683. The van der Waals surface area contributed by atoms with Crippen LogP contribution in [0.4, 0.5) is 0 Å². The highest BCUT2D eigenvalue weighted by atomic mass is 35.5. The lowest BCUT2D eigenvalue weighted by Crippen LogP contribution is -2.68. The van der Waals surface area contributed by atoms with Gasteiger partial charge in [0.15, 0.2) is 17.3 Å².